The van der Waals surface area contributed by atoms with Crippen LogP contribution >= 0.6 is 0 Å². The van der Waals surface area contributed by atoms with E-state index in [1.54, 1.807) is 0 Å². The molecule has 2 aromatic carbocycles. The molecule has 1 heterocycles. The van der Waals surface area contributed by atoms with E-state index < -0.39 is 0 Å². The van der Waals surface area contributed by atoms with Gasteiger partial charge in [-0.2, -0.15) is 0 Å². The first-order valence-corrected chi connectivity index (χ1v) is 7.86. The average molecular weight is 293 g/mol. The Labute approximate surface area is 132 Å². The molecular formula is C20H23NO. The van der Waals surface area contributed by atoms with Crippen molar-refractivity contribution in [2.75, 3.05) is 0 Å². The molecule has 22 heavy (non-hydrogen) atoms. The summed E-state index contributed by atoms with van der Waals surface area (Å²) in [5.74, 6) is 0.958. The van der Waals surface area contributed by atoms with Gasteiger partial charge in [0.1, 0.15) is 12.4 Å². The zero-order valence-electron chi connectivity index (χ0n) is 13.8. The largest absolute Gasteiger partial charge is 0.487 e. The molecule has 0 spiro atoms. The quantitative estimate of drug-likeness (QED) is 0.626. The molecule has 114 valence electrons. The molecule has 0 saturated carbocycles. The summed E-state index contributed by atoms with van der Waals surface area (Å²) in [5.41, 5.74) is 5.03. The van der Waals surface area contributed by atoms with Crippen LogP contribution in [-0.2, 0) is 6.61 Å². The topological polar surface area (TPSA) is 14.2 Å². The van der Waals surface area contributed by atoms with E-state index in [0.29, 0.717) is 12.6 Å². The van der Waals surface area contributed by atoms with Crippen molar-refractivity contribution in [1.82, 2.24) is 4.57 Å². The Morgan fingerprint density at radius 2 is 1.68 bits per heavy atom. The fraction of sp³-hybridized carbons (Fsp3) is 0.300. The van der Waals surface area contributed by atoms with Crippen molar-refractivity contribution in [2.45, 2.75) is 40.3 Å². The summed E-state index contributed by atoms with van der Waals surface area (Å²) in [6.07, 6.45) is 0. The first kappa shape index (κ1) is 14.7. The highest BCUT2D eigenvalue weighted by Gasteiger charge is 2.13. The molecule has 0 fully saturated rings. The molecular weight excluding hydrogens is 270 g/mol. The lowest BCUT2D eigenvalue weighted by Crippen LogP contribution is -2.09. The number of ether oxygens (including phenoxy) is 1. The lowest BCUT2D eigenvalue weighted by atomic mass is 10.1. The maximum Gasteiger partial charge on any atom is 0.128 e. The Hall–Kier alpha value is -2.22. The van der Waals surface area contributed by atoms with E-state index in [2.05, 4.69) is 62.6 Å². The molecule has 0 aliphatic heterocycles. The number of rotatable bonds is 4. The summed E-state index contributed by atoms with van der Waals surface area (Å²) in [6.45, 7) is 9.30. The first-order valence-electron chi connectivity index (χ1n) is 7.86. The lowest BCUT2D eigenvalue weighted by molar-refractivity contribution is 0.291. The van der Waals surface area contributed by atoms with Gasteiger partial charge in [-0.3, -0.25) is 0 Å². The van der Waals surface area contributed by atoms with E-state index in [-0.39, 0.29) is 0 Å². The number of benzene rings is 2. The second-order valence-electron chi connectivity index (χ2n) is 6.17. The van der Waals surface area contributed by atoms with Crippen molar-refractivity contribution in [3.8, 4) is 5.75 Å². The number of hydrogen-bond donors (Lipinski definition) is 0. The van der Waals surface area contributed by atoms with Crippen LogP contribution in [0, 0.1) is 13.8 Å². The second kappa shape index (κ2) is 5.88. The minimum atomic E-state index is 0.411. The number of aromatic nitrogens is 1. The molecule has 0 radical (unpaired) electrons. The molecule has 0 saturated heterocycles. The van der Waals surface area contributed by atoms with Gasteiger partial charge in [0.25, 0.3) is 0 Å². The highest BCUT2D eigenvalue weighted by Crippen LogP contribution is 2.28. The smallest absolute Gasteiger partial charge is 0.128 e. The van der Waals surface area contributed by atoms with Gasteiger partial charge in [-0.05, 0) is 51.0 Å². The van der Waals surface area contributed by atoms with Gasteiger partial charge in [-0.15, -0.1) is 0 Å². The van der Waals surface area contributed by atoms with Gasteiger partial charge in [0.15, 0.2) is 0 Å². The van der Waals surface area contributed by atoms with E-state index in [1.165, 1.54) is 27.7 Å². The van der Waals surface area contributed by atoms with Crippen molar-refractivity contribution in [3.05, 3.63) is 65.4 Å². The van der Waals surface area contributed by atoms with Gasteiger partial charge < -0.3 is 9.30 Å². The first-order chi connectivity index (χ1) is 10.6. The Kier molecular flexibility index (Phi) is 3.93. The van der Waals surface area contributed by atoms with Crippen molar-refractivity contribution in [2.24, 2.45) is 0 Å². The molecule has 2 heteroatoms. The summed E-state index contributed by atoms with van der Waals surface area (Å²) in [6, 6.07) is 17.3. The number of aryl methyl sites for hydroxylation is 2. The predicted molar refractivity (Wildman–Crippen MR) is 92.6 cm³/mol. The highest BCUT2D eigenvalue weighted by atomic mass is 16.5. The average Bonchev–Trinajstić information content (AvgIpc) is 2.86. The fourth-order valence-corrected chi connectivity index (χ4v) is 3.09. The van der Waals surface area contributed by atoms with Crippen molar-refractivity contribution in [1.29, 1.82) is 0 Å². The third-order valence-corrected chi connectivity index (χ3v) is 4.13. The summed E-state index contributed by atoms with van der Waals surface area (Å²) in [5, 5.41) is 1.29. The van der Waals surface area contributed by atoms with Gasteiger partial charge in [-0.1, -0.05) is 36.4 Å². The molecule has 0 amide bonds. The molecule has 0 N–H and O–H groups in total. The molecule has 0 unspecified atom stereocenters. The van der Waals surface area contributed by atoms with Crippen LogP contribution in [0.1, 0.15) is 36.7 Å². The van der Waals surface area contributed by atoms with Crippen LogP contribution in [0.2, 0.25) is 0 Å². The Balaban J connectivity index is 1.99. The molecule has 0 aliphatic carbocycles. The second-order valence-corrected chi connectivity index (χ2v) is 6.17. The minimum absolute atomic E-state index is 0.411. The predicted octanol–water partition coefficient (Wildman–Crippen LogP) is 5.42. The monoisotopic (exact) mass is 293 g/mol. The van der Waals surface area contributed by atoms with Crippen LogP contribution in [0.5, 0.6) is 5.75 Å². The summed E-state index contributed by atoms with van der Waals surface area (Å²) >= 11 is 0. The fourth-order valence-electron chi connectivity index (χ4n) is 3.09. The maximum atomic E-state index is 6.06. The van der Waals surface area contributed by atoms with Gasteiger partial charge >= 0.3 is 0 Å². The van der Waals surface area contributed by atoms with E-state index in [9.17, 15) is 0 Å². The molecule has 1 aromatic heterocycles. The van der Waals surface area contributed by atoms with Crippen LogP contribution in [-0.4, -0.2) is 4.57 Å². The molecule has 0 bridgehead atoms. The summed E-state index contributed by atoms with van der Waals surface area (Å²) < 4.78 is 8.45. The molecule has 2 nitrogen and oxygen atoms in total. The van der Waals surface area contributed by atoms with Gasteiger partial charge in [0.2, 0.25) is 0 Å². The molecule has 0 atom stereocenters. The van der Waals surface area contributed by atoms with Crippen LogP contribution in [0.25, 0.3) is 10.9 Å². The lowest BCUT2D eigenvalue weighted by Gasteiger charge is -2.17. The van der Waals surface area contributed by atoms with Gasteiger partial charge in [0, 0.05) is 11.4 Å². The molecule has 3 aromatic rings. The maximum absolute atomic E-state index is 6.06. The van der Waals surface area contributed by atoms with Crippen molar-refractivity contribution in [3.63, 3.8) is 0 Å². The van der Waals surface area contributed by atoms with E-state index >= 15 is 0 Å². The number of nitrogens with zero attached hydrogens (tertiary/aromatic N) is 1. The minimum Gasteiger partial charge on any atom is -0.487 e. The number of para-hydroxylation sites is 2. The Bertz CT molecular complexity index is 799. The Morgan fingerprint density at radius 1 is 0.955 bits per heavy atom. The zero-order chi connectivity index (χ0) is 15.7. The molecule has 3 rings (SSSR count). The van der Waals surface area contributed by atoms with Crippen LogP contribution in [0.3, 0.4) is 0 Å². The SMILES string of the molecule is Cc1ccccc1OCc1cc2cccc(C)c2n1C(C)C. The third-order valence-electron chi connectivity index (χ3n) is 4.13. The van der Waals surface area contributed by atoms with Crippen LogP contribution < -0.4 is 4.74 Å². The normalized spacial score (nSPS) is 11.3. The van der Waals surface area contributed by atoms with E-state index in [1.807, 2.05) is 18.2 Å². The molecule has 0 aliphatic rings. The van der Waals surface area contributed by atoms with Crippen molar-refractivity contribution >= 4 is 10.9 Å². The number of fused-ring (bicyclic) bond motifs is 1. The van der Waals surface area contributed by atoms with E-state index in [0.717, 1.165) is 5.75 Å². The van der Waals surface area contributed by atoms with Gasteiger partial charge in [-0.25, -0.2) is 0 Å². The van der Waals surface area contributed by atoms with Crippen LogP contribution in [0.4, 0.5) is 0 Å². The summed E-state index contributed by atoms with van der Waals surface area (Å²) in [7, 11) is 0. The number of hydrogen-bond acceptors (Lipinski definition) is 1. The standard InChI is InChI=1S/C20H23NO/c1-14(2)21-18(12-17-10-7-9-16(4)20(17)21)13-22-19-11-6-5-8-15(19)3/h5-12,14H,13H2,1-4H3. The highest BCUT2D eigenvalue weighted by molar-refractivity contribution is 5.84. The van der Waals surface area contributed by atoms with Crippen LogP contribution in [0.15, 0.2) is 48.5 Å². The van der Waals surface area contributed by atoms with Gasteiger partial charge in [0.05, 0.1) is 11.2 Å². The van der Waals surface area contributed by atoms with Crippen molar-refractivity contribution < 1.29 is 4.74 Å². The van der Waals surface area contributed by atoms with E-state index in [4.69, 9.17) is 4.74 Å². The zero-order valence-corrected chi connectivity index (χ0v) is 13.8. The summed E-state index contributed by atoms with van der Waals surface area (Å²) in [4.78, 5) is 0. The third kappa shape index (κ3) is 2.61. The Morgan fingerprint density at radius 3 is 2.41 bits per heavy atom.